The van der Waals surface area contributed by atoms with E-state index in [0.29, 0.717) is 19.3 Å². The van der Waals surface area contributed by atoms with Gasteiger partial charge in [-0.3, -0.25) is 9.59 Å². The van der Waals surface area contributed by atoms with E-state index in [0.717, 1.165) is 64.2 Å². The van der Waals surface area contributed by atoms with Gasteiger partial charge < -0.3 is 23.8 Å². The Balaban J connectivity index is 4.19. The molecule has 0 rings (SSSR count). The number of ether oxygens (including phenoxy) is 3. The number of hydrogen-bond acceptors (Lipinski definition) is 6. The van der Waals surface area contributed by atoms with Crippen molar-refractivity contribution in [1.29, 1.82) is 0 Å². The highest BCUT2D eigenvalue weighted by molar-refractivity contribution is 5.72. The van der Waals surface area contributed by atoms with Crippen molar-refractivity contribution in [2.75, 3.05) is 41.0 Å². The van der Waals surface area contributed by atoms with Crippen LogP contribution in [0.3, 0.4) is 0 Å². The lowest BCUT2D eigenvalue weighted by Crippen LogP contribution is -2.50. The molecule has 8 heteroatoms. The Morgan fingerprint density at radius 3 is 1.10 bits per heavy atom. The van der Waals surface area contributed by atoms with Crippen molar-refractivity contribution in [2.24, 2.45) is 0 Å². The summed E-state index contributed by atoms with van der Waals surface area (Å²) < 4.78 is 17.4. The number of esters is 2. The number of carbonyl (C=O) groups is 3. The third-order valence-electron chi connectivity index (χ3n) is 13.5. The summed E-state index contributed by atoms with van der Waals surface area (Å²) in [6.45, 7) is 4.76. The number of allylic oxidation sites excluding steroid dienone is 8. The van der Waals surface area contributed by atoms with Crippen LogP contribution in [0.4, 0.5) is 0 Å². The van der Waals surface area contributed by atoms with Gasteiger partial charge in [-0.05, 0) is 77.0 Å². The standard InChI is InChI=1S/C62H113NO7/c1-6-8-10-12-14-16-18-20-22-24-26-28-30-32-34-36-38-40-42-44-46-48-50-52-60(64)69-57-58(56-68-55-54-59(62(66)67)63(3,4)5)70-61(65)53-51-49-47-45-43-41-39-37-35-33-31-29-27-25-23-21-19-17-15-13-11-9-7-2/h26-29,32-35,58-59H,6-25,30-31,36-57H2,1-5H3/p+1/b28-26+,29-27+,34-32+,35-33+. The summed E-state index contributed by atoms with van der Waals surface area (Å²) in [6.07, 6.45) is 66.1. The Morgan fingerprint density at radius 2 is 0.757 bits per heavy atom. The maximum atomic E-state index is 12.8. The molecule has 0 amide bonds. The van der Waals surface area contributed by atoms with Crippen molar-refractivity contribution in [2.45, 2.75) is 289 Å². The quantitative estimate of drug-likeness (QED) is 0.0280. The van der Waals surface area contributed by atoms with E-state index in [4.69, 9.17) is 14.2 Å². The minimum absolute atomic E-state index is 0.0556. The summed E-state index contributed by atoms with van der Waals surface area (Å²) in [6, 6.07) is -0.620. The van der Waals surface area contributed by atoms with Gasteiger partial charge >= 0.3 is 17.9 Å². The summed E-state index contributed by atoms with van der Waals surface area (Å²) in [4.78, 5) is 37.3. The zero-order valence-corrected chi connectivity index (χ0v) is 46.7. The lowest BCUT2D eigenvalue weighted by molar-refractivity contribution is -0.887. The van der Waals surface area contributed by atoms with E-state index in [1.807, 2.05) is 21.1 Å². The third-order valence-corrected chi connectivity index (χ3v) is 13.5. The Morgan fingerprint density at radius 1 is 0.429 bits per heavy atom. The van der Waals surface area contributed by atoms with Crippen molar-refractivity contribution in [3.8, 4) is 0 Å². The molecular weight excluding hydrogens is 871 g/mol. The first-order chi connectivity index (χ1) is 34.1. The lowest BCUT2D eigenvalue weighted by atomic mass is 10.1. The number of carbonyl (C=O) groups excluding carboxylic acids is 2. The zero-order valence-electron chi connectivity index (χ0n) is 46.7. The fourth-order valence-corrected chi connectivity index (χ4v) is 8.86. The number of carboxylic acids is 1. The normalized spacial score (nSPS) is 13.1. The maximum absolute atomic E-state index is 12.8. The number of nitrogens with zero attached hydrogens (tertiary/aromatic N) is 1. The molecule has 0 fully saturated rings. The molecule has 0 aliphatic carbocycles. The van der Waals surface area contributed by atoms with Crippen LogP contribution in [0.15, 0.2) is 48.6 Å². The van der Waals surface area contributed by atoms with Crippen LogP contribution in [-0.4, -0.2) is 80.6 Å². The molecule has 0 saturated carbocycles. The van der Waals surface area contributed by atoms with E-state index in [9.17, 15) is 19.5 Å². The van der Waals surface area contributed by atoms with Gasteiger partial charge in [0, 0.05) is 19.3 Å². The fourth-order valence-electron chi connectivity index (χ4n) is 8.86. The van der Waals surface area contributed by atoms with E-state index < -0.39 is 18.1 Å². The van der Waals surface area contributed by atoms with Crippen molar-refractivity contribution >= 4 is 17.9 Å². The Hall–Kier alpha value is -2.71. The highest BCUT2D eigenvalue weighted by Gasteiger charge is 2.31. The van der Waals surface area contributed by atoms with Gasteiger partial charge in [0.25, 0.3) is 0 Å². The lowest BCUT2D eigenvalue weighted by Gasteiger charge is -2.31. The molecular formula is C62H114NO7+. The molecule has 0 heterocycles. The number of hydrogen-bond donors (Lipinski definition) is 1. The van der Waals surface area contributed by atoms with Crippen molar-refractivity contribution in [3.05, 3.63) is 48.6 Å². The summed E-state index contributed by atoms with van der Waals surface area (Å²) in [5.41, 5.74) is 0. The van der Waals surface area contributed by atoms with Gasteiger partial charge in [-0.25, -0.2) is 4.79 Å². The van der Waals surface area contributed by atoms with E-state index in [-0.39, 0.29) is 36.2 Å². The summed E-state index contributed by atoms with van der Waals surface area (Å²) in [7, 11) is 5.54. The van der Waals surface area contributed by atoms with Crippen LogP contribution in [0.1, 0.15) is 277 Å². The molecule has 2 unspecified atom stereocenters. The molecule has 0 radical (unpaired) electrons. The van der Waals surface area contributed by atoms with Crippen LogP contribution in [0.25, 0.3) is 0 Å². The predicted octanol–water partition coefficient (Wildman–Crippen LogP) is 17.9. The highest BCUT2D eigenvalue weighted by Crippen LogP contribution is 2.16. The van der Waals surface area contributed by atoms with Crippen molar-refractivity contribution < 1.29 is 38.2 Å². The second kappa shape index (κ2) is 52.6. The predicted molar refractivity (Wildman–Crippen MR) is 298 cm³/mol. The van der Waals surface area contributed by atoms with Gasteiger partial charge in [0.05, 0.1) is 34.4 Å². The Kier molecular flexibility index (Phi) is 50.6. The topological polar surface area (TPSA) is 99.1 Å². The molecule has 2 atom stereocenters. The van der Waals surface area contributed by atoms with Crippen LogP contribution in [0.5, 0.6) is 0 Å². The molecule has 0 aromatic heterocycles. The molecule has 0 aromatic carbocycles. The first kappa shape index (κ1) is 67.3. The fraction of sp³-hybridized carbons (Fsp3) is 0.823. The summed E-state index contributed by atoms with van der Waals surface area (Å²) in [5.74, 6) is -1.47. The zero-order chi connectivity index (χ0) is 51.3. The average Bonchev–Trinajstić information content (AvgIpc) is 3.33. The van der Waals surface area contributed by atoms with E-state index in [1.165, 1.54) is 180 Å². The molecule has 0 bridgehead atoms. The smallest absolute Gasteiger partial charge is 0.362 e. The largest absolute Gasteiger partial charge is 0.477 e. The third kappa shape index (κ3) is 50.2. The van der Waals surface area contributed by atoms with Gasteiger partial charge in [-0.1, -0.05) is 229 Å². The molecule has 408 valence electrons. The Labute approximate surface area is 433 Å². The minimum Gasteiger partial charge on any atom is -0.477 e. The Bertz CT molecular complexity index is 1280. The van der Waals surface area contributed by atoms with Crippen LogP contribution in [-0.2, 0) is 28.6 Å². The van der Waals surface area contributed by atoms with Gasteiger partial charge in [0.1, 0.15) is 6.61 Å². The van der Waals surface area contributed by atoms with Gasteiger partial charge in [-0.2, -0.15) is 0 Å². The molecule has 8 nitrogen and oxygen atoms in total. The second-order valence-corrected chi connectivity index (χ2v) is 21.2. The summed E-state index contributed by atoms with van der Waals surface area (Å²) in [5, 5.41) is 9.68. The van der Waals surface area contributed by atoms with Gasteiger partial charge in [0.2, 0.25) is 0 Å². The molecule has 0 aromatic rings. The molecule has 0 spiro atoms. The van der Waals surface area contributed by atoms with Crippen molar-refractivity contribution in [3.63, 3.8) is 0 Å². The number of carboxylic acid groups (broad SMARTS) is 1. The van der Waals surface area contributed by atoms with Crippen LogP contribution >= 0.6 is 0 Å². The van der Waals surface area contributed by atoms with Crippen LogP contribution in [0.2, 0.25) is 0 Å². The summed E-state index contributed by atoms with van der Waals surface area (Å²) >= 11 is 0. The average molecular weight is 986 g/mol. The molecule has 70 heavy (non-hydrogen) atoms. The van der Waals surface area contributed by atoms with E-state index in [1.54, 1.807) is 0 Å². The highest BCUT2D eigenvalue weighted by atomic mass is 16.6. The molecule has 0 aliphatic heterocycles. The minimum atomic E-state index is -0.875. The van der Waals surface area contributed by atoms with Crippen LogP contribution < -0.4 is 0 Å². The SMILES string of the molecule is CCCCCCCCCCC/C=C/C/C=C/CCCCCCCCCC(=O)OCC(COCCC(C(=O)O)[N+](C)(C)C)OC(=O)CCCCCCCCC/C=C/C/C=C/CCCCCCCCCCC. The number of unbranched alkanes of at least 4 members (excludes halogenated alkanes) is 32. The number of quaternary nitrogens is 1. The van der Waals surface area contributed by atoms with Crippen molar-refractivity contribution in [1.82, 2.24) is 0 Å². The van der Waals surface area contributed by atoms with Crippen LogP contribution in [0, 0.1) is 0 Å². The van der Waals surface area contributed by atoms with E-state index >= 15 is 0 Å². The molecule has 0 saturated heterocycles. The number of likely N-dealkylation sites (N-methyl/N-ethyl adjacent to an activating group) is 1. The number of aliphatic carboxylic acids is 1. The van der Waals surface area contributed by atoms with Gasteiger partial charge in [-0.15, -0.1) is 0 Å². The second-order valence-electron chi connectivity index (χ2n) is 21.2. The number of rotatable bonds is 54. The molecule has 0 aliphatic rings. The monoisotopic (exact) mass is 985 g/mol. The van der Waals surface area contributed by atoms with E-state index in [2.05, 4.69) is 62.5 Å². The first-order valence-corrected chi connectivity index (χ1v) is 29.7. The first-order valence-electron chi connectivity index (χ1n) is 29.7. The maximum Gasteiger partial charge on any atom is 0.362 e. The van der Waals surface area contributed by atoms with Gasteiger partial charge in [0.15, 0.2) is 12.1 Å². The molecule has 1 N–H and O–H groups in total.